The largest absolute Gasteiger partial charge is 0.395 e. The zero-order valence-corrected chi connectivity index (χ0v) is 9.87. The van der Waals surface area contributed by atoms with Crippen molar-refractivity contribution in [2.45, 2.75) is 19.5 Å². The molecule has 0 saturated heterocycles. The molecule has 17 heavy (non-hydrogen) atoms. The fourth-order valence-corrected chi connectivity index (χ4v) is 1.53. The molecule has 0 saturated carbocycles. The molecule has 0 aliphatic heterocycles. The molecule has 1 heterocycles. The molecule has 0 aliphatic carbocycles. The molecule has 1 aromatic heterocycles. The summed E-state index contributed by atoms with van der Waals surface area (Å²) in [4.78, 5) is 0. The number of aliphatic hydroxyl groups excluding tert-OH is 1. The Balaban J connectivity index is 2.01. The van der Waals surface area contributed by atoms with Gasteiger partial charge in [-0.15, -0.1) is 0 Å². The standard InChI is InChI=1S/C13H17N3O/c1-11(10-17)14-7-12-8-15-16(9-12)13-5-3-2-4-6-13/h2-6,8-9,11,14,17H,7,10H2,1H3/t11-/m1/s1. The van der Waals surface area contributed by atoms with E-state index in [0.717, 1.165) is 11.3 Å². The molecule has 4 nitrogen and oxygen atoms in total. The van der Waals surface area contributed by atoms with Gasteiger partial charge >= 0.3 is 0 Å². The summed E-state index contributed by atoms with van der Waals surface area (Å²) in [5, 5.41) is 16.4. The van der Waals surface area contributed by atoms with Crippen LogP contribution in [-0.2, 0) is 6.54 Å². The van der Waals surface area contributed by atoms with Gasteiger partial charge in [0.25, 0.3) is 0 Å². The van der Waals surface area contributed by atoms with E-state index < -0.39 is 0 Å². The normalized spacial score (nSPS) is 12.6. The molecule has 0 amide bonds. The van der Waals surface area contributed by atoms with E-state index in [4.69, 9.17) is 5.11 Å². The Labute approximate surface area is 101 Å². The first-order valence-electron chi connectivity index (χ1n) is 5.73. The van der Waals surface area contributed by atoms with Gasteiger partial charge in [0.05, 0.1) is 18.5 Å². The average molecular weight is 231 g/mol. The number of benzene rings is 1. The van der Waals surface area contributed by atoms with E-state index >= 15 is 0 Å². The maximum absolute atomic E-state index is 8.91. The molecule has 2 rings (SSSR count). The predicted octanol–water partition coefficient (Wildman–Crippen LogP) is 1.34. The highest BCUT2D eigenvalue weighted by atomic mass is 16.3. The topological polar surface area (TPSA) is 50.1 Å². The maximum atomic E-state index is 8.91. The Morgan fingerprint density at radius 1 is 1.35 bits per heavy atom. The molecule has 1 atom stereocenters. The van der Waals surface area contributed by atoms with Crippen LogP contribution in [0.4, 0.5) is 0 Å². The molecule has 90 valence electrons. The fourth-order valence-electron chi connectivity index (χ4n) is 1.53. The molecule has 2 aromatic rings. The minimum absolute atomic E-state index is 0.107. The third-order valence-corrected chi connectivity index (χ3v) is 2.59. The summed E-state index contributed by atoms with van der Waals surface area (Å²) < 4.78 is 1.85. The van der Waals surface area contributed by atoms with Crippen LogP contribution in [0.5, 0.6) is 0 Å². The number of rotatable bonds is 5. The first kappa shape index (κ1) is 11.8. The van der Waals surface area contributed by atoms with Crippen molar-refractivity contribution < 1.29 is 5.11 Å². The van der Waals surface area contributed by atoms with Gasteiger partial charge in [-0.1, -0.05) is 18.2 Å². The number of para-hydroxylation sites is 1. The summed E-state index contributed by atoms with van der Waals surface area (Å²) in [6.07, 6.45) is 3.83. The second-order valence-electron chi connectivity index (χ2n) is 4.09. The van der Waals surface area contributed by atoms with Crippen molar-refractivity contribution in [3.8, 4) is 5.69 Å². The van der Waals surface area contributed by atoms with E-state index in [1.807, 2.05) is 54.3 Å². The molecule has 1 aromatic carbocycles. The Kier molecular flexibility index (Phi) is 3.90. The van der Waals surface area contributed by atoms with E-state index in [0.29, 0.717) is 6.54 Å². The van der Waals surface area contributed by atoms with Crippen molar-refractivity contribution in [3.63, 3.8) is 0 Å². The molecule has 0 fully saturated rings. The van der Waals surface area contributed by atoms with Crippen molar-refractivity contribution in [1.82, 2.24) is 15.1 Å². The van der Waals surface area contributed by atoms with E-state index in [2.05, 4.69) is 10.4 Å². The monoisotopic (exact) mass is 231 g/mol. The number of aliphatic hydroxyl groups is 1. The Hall–Kier alpha value is -1.65. The summed E-state index contributed by atoms with van der Waals surface area (Å²) in [5.74, 6) is 0. The maximum Gasteiger partial charge on any atom is 0.0645 e. The lowest BCUT2D eigenvalue weighted by Crippen LogP contribution is -2.28. The molecule has 0 radical (unpaired) electrons. The highest BCUT2D eigenvalue weighted by molar-refractivity contribution is 5.30. The zero-order valence-electron chi connectivity index (χ0n) is 9.87. The van der Waals surface area contributed by atoms with Crippen molar-refractivity contribution in [1.29, 1.82) is 0 Å². The van der Waals surface area contributed by atoms with Gasteiger partial charge in [-0.05, 0) is 19.1 Å². The molecular weight excluding hydrogens is 214 g/mol. The average Bonchev–Trinajstić information content (AvgIpc) is 2.86. The Morgan fingerprint density at radius 3 is 2.82 bits per heavy atom. The molecular formula is C13H17N3O. The zero-order chi connectivity index (χ0) is 12.1. The molecule has 0 unspecified atom stereocenters. The number of nitrogens with one attached hydrogen (secondary N) is 1. The first-order valence-corrected chi connectivity index (χ1v) is 5.73. The van der Waals surface area contributed by atoms with Crippen LogP contribution in [-0.4, -0.2) is 27.5 Å². The number of nitrogens with zero attached hydrogens (tertiary/aromatic N) is 2. The highest BCUT2D eigenvalue weighted by Crippen LogP contribution is 2.07. The quantitative estimate of drug-likeness (QED) is 0.816. The molecule has 0 spiro atoms. The SMILES string of the molecule is C[C@H](CO)NCc1cnn(-c2ccccc2)c1. The van der Waals surface area contributed by atoms with Gasteiger partial charge in [0, 0.05) is 24.3 Å². The van der Waals surface area contributed by atoms with E-state index in [-0.39, 0.29) is 12.6 Å². The molecule has 0 bridgehead atoms. The number of aromatic nitrogens is 2. The van der Waals surface area contributed by atoms with Crippen LogP contribution in [0.2, 0.25) is 0 Å². The van der Waals surface area contributed by atoms with Gasteiger partial charge in [0.15, 0.2) is 0 Å². The lowest BCUT2D eigenvalue weighted by Gasteiger charge is -2.08. The van der Waals surface area contributed by atoms with Gasteiger partial charge < -0.3 is 10.4 Å². The number of hydrogen-bond donors (Lipinski definition) is 2. The van der Waals surface area contributed by atoms with Crippen LogP contribution in [0.3, 0.4) is 0 Å². The van der Waals surface area contributed by atoms with Gasteiger partial charge in [-0.3, -0.25) is 0 Å². The first-order chi connectivity index (χ1) is 8.29. The minimum Gasteiger partial charge on any atom is -0.395 e. The molecule has 2 N–H and O–H groups in total. The minimum atomic E-state index is 0.107. The third kappa shape index (κ3) is 3.15. The summed E-state index contributed by atoms with van der Waals surface area (Å²) in [5.41, 5.74) is 2.16. The van der Waals surface area contributed by atoms with Crippen LogP contribution in [0, 0.1) is 0 Å². The smallest absolute Gasteiger partial charge is 0.0645 e. The van der Waals surface area contributed by atoms with Gasteiger partial charge in [0.2, 0.25) is 0 Å². The van der Waals surface area contributed by atoms with Gasteiger partial charge in [-0.2, -0.15) is 5.10 Å². The summed E-state index contributed by atoms with van der Waals surface area (Å²) in [7, 11) is 0. The van der Waals surface area contributed by atoms with Gasteiger partial charge in [-0.25, -0.2) is 4.68 Å². The Bertz CT molecular complexity index is 453. The second kappa shape index (κ2) is 5.61. The Morgan fingerprint density at radius 2 is 2.12 bits per heavy atom. The van der Waals surface area contributed by atoms with Crippen molar-refractivity contribution >= 4 is 0 Å². The van der Waals surface area contributed by atoms with E-state index in [1.165, 1.54) is 0 Å². The van der Waals surface area contributed by atoms with E-state index in [1.54, 1.807) is 0 Å². The summed E-state index contributed by atoms with van der Waals surface area (Å²) >= 11 is 0. The van der Waals surface area contributed by atoms with Crippen LogP contribution in [0.15, 0.2) is 42.7 Å². The van der Waals surface area contributed by atoms with Crippen LogP contribution in [0.25, 0.3) is 5.69 Å². The highest BCUT2D eigenvalue weighted by Gasteiger charge is 2.02. The lowest BCUT2D eigenvalue weighted by molar-refractivity contribution is 0.251. The number of hydrogen-bond acceptors (Lipinski definition) is 3. The second-order valence-corrected chi connectivity index (χ2v) is 4.09. The van der Waals surface area contributed by atoms with Crippen molar-refractivity contribution in [3.05, 3.63) is 48.3 Å². The summed E-state index contributed by atoms with van der Waals surface area (Å²) in [6, 6.07) is 10.1. The van der Waals surface area contributed by atoms with Gasteiger partial charge in [0.1, 0.15) is 0 Å². The van der Waals surface area contributed by atoms with Crippen LogP contribution in [0.1, 0.15) is 12.5 Å². The third-order valence-electron chi connectivity index (χ3n) is 2.59. The fraction of sp³-hybridized carbons (Fsp3) is 0.308. The van der Waals surface area contributed by atoms with Crippen molar-refractivity contribution in [2.75, 3.05) is 6.61 Å². The summed E-state index contributed by atoms with van der Waals surface area (Å²) in [6.45, 7) is 2.81. The molecule has 4 heteroatoms. The van der Waals surface area contributed by atoms with Crippen LogP contribution >= 0.6 is 0 Å². The molecule has 0 aliphatic rings. The predicted molar refractivity (Wildman–Crippen MR) is 67.0 cm³/mol. The van der Waals surface area contributed by atoms with E-state index in [9.17, 15) is 0 Å². The van der Waals surface area contributed by atoms with Crippen molar-refractivity contribution in [2.24, 2.45) is 0 Å². The van der Waals surface area contributed by atoms with Crippen LogP contribution < -0.4 is 5.32 Å². The lowest BCUT2D eigenvalue weighted by atomic mass is 10.3.